The number of halogens is 1. The van der Waals surface area contributed by atoms with E-state index in [0.717, 1.165) is 17.1 Å². The Morgan fingerprint density at radius 3 is 2.46 bits per heavy atom. The van der Waals surface area contributed by atoms with Gasteiger partial charge in [-0.05, 0) is 56.0 Å². The van der Waals surface area contributed by atoms with E-state index < -0.39 is 0 Å². The highest BCUT2D eigenvalue weighted by Crippen LogP contribution is 2.28. The van der Waals surface area contributed by atoms with E-state index in [2.05, 4.69) is 5.32 Å². The summed E-state index contributed by atoms with van der Waals surface area (Å²) >= 11 is 0. The van der Waals surface area contributed by atoms with Crippen LogP contribution in [-0.4, -0.2) is 25.7 Å². The number of carbonyl (C=O) groups excluding carboxylic acids is 1. The number of benzene rings is 2. The van der Waals surface area contributed by atoms with Crippen LogP contribution in [-0.2, 0) is 17.6 Å². The maximum Gasteiger partial charge on any atom is 0.220 e. The van der Waals surface area contributed by atoms with Crippen LogP contribution in [0.1, 0.15) is 31.4 Å². The molecule has 1 N–H and O–H groups in total. The largest absolute Gasteiger partial charge is 0.490 e. The van der Waals surface area contributed by atoms with Crippen molar-refractivity contribution in [1.29, 1.82) is 0 Å². The number of amides is 1. The lowest BCUT2D eigenvalue weighted by Gasteiger charge is -2.12. The molecule has 0 bridgehead atoms. The van der Waals surface area contributed by atoms with Crippen LogP contribution in [0.5, 0.6) is 11.5 Å². The molecule has 4 nitrogen and oxygen atoms in total. The molecule has 140 valence electrons. The Morgan fingerprint density at radius 2 is 1.73 bits per heavy atom. The van der Waals surface area contributed by atoms with Crippen LogP contribution in [0, 0.1) is 5.82 Å². The lowest BCUT2D eigenvalue weighted by atomic mass is 10.1. The molecule has 0 saturated carbocycles. The Bertz CT molecular complexity index is 718. The molecule has 0 radical (unpaired) electrons. The monoisotopic (exact) mass is 359 g/mol. The first kappa shape index (κ1) is 19.8. The third kappa shape index (κ3) is 6.06. The molecule has 0 atom stereocenters. The van der Waals surface area contributed by atoms with Gasteiger partial charge in [0, 0.05) is 13.0 Å². The van der Waals surface area contributed by atoms with Crippen LogP contribution in [0.25, 0.3) is 0 Å². The van der Waals surface area contributed by atoms with Crippen LogP contribution in [0.4, 0.5) is 4.39 Å². The van der Waals surface area contributed by atoms with Gasteiger partial charge >= 0.3 is 0 Å². The second-order valence-electron chi connectivity index (χ2n) is 5.84. The predicted molar refractivity (Wildman–Crippen MR) is 100 cm³/mol. The van der Waals surface area contributed by atoms with Gasteiger partial charge in [-0.1, -0.05) is 24.3 Å². The van der Waals surface area contributed by atoms with Crippen molar-refractivity contribution in [3.05, 3.63) is 59.4 Å². The molecule has 26 heavy (non-hydrogen) atoms. The molecule has 0 aliphatic heterocycles. The second kappa shape index (κ2) is 10.4. The summed E-state index contributed by atoms with van der Waals surface area (Å²) in [4.78, 5) is 11.9. The average Bonchev–Trinajstić information content (AvgIpc) is 2.63. The van der Waals surface area contributed by atoms with Crippen molar-refractivity contribution in [3.63, 3.8) is 0 Å². The Kier molecular flexibility index (Phi) is 7.93. The lowest BCUT2D eigenvalue weighted by Crippen LogP contribution is -2.26. The molecule has 2 rings (SSSR count). The van der Waals surface area contributed by atoms with Crippen molar-refractivity contribution in [2.75, 3.05) is 19.8 Å². The SMILES string of the molecule is CCOc1ccc(CCNC(=O)CCc2ccccc2F)cc1OCC. The zero-order valence-electron chi connectivity index (χ0n) is 15.4. The van der Waals surface area contributed by atoms with E-state index in [4.69, 9.17) is 9.47 Å². The summed E-state index contributed by atoms with van der Waals surface area (Å²) in [5.74, 6) is 1.10. The smallest absolute Gasteiger partial charge is 0.220 e. The summed E-state index contributed by atoms with van der Waals surface area (Å²) in [6, 6.07) is 12.3. The summed E-state index contributed by atoms with van der Waals surface area (Å²) < 4.78 is 24.7. The Morgan fingerprint density at radius 1 is 1.00 bits per heavy atom. The molecular formula is C21H26FNO3. The molecular weight excluding hydrogens is 333 g/mol. The van der Waals surface area contributed by atoms with E-state index in [0.29, 0.717) is 38.2 Å². The van der Waals surface area contributed by atoms with Crippen LogP contribution in [0.3, 0.4) is 0 Å². The van der Waals surface area contributed by atoms with Crippen LogP contribution in [0.2, 0.25) is 0 Å². The third-order valence-corrected chi connectivity index (χ3v) is 3.92. The van der Waals surface area contributed by atoms with Gasteiger partial charge in [-0.2, -0.15) is 0 Å². The molecule has 0 fully saturated rings. The summed E-state index contributed by atoms with van der Waals surface area (Å²) in [7, 11) is 0. The molecule has 1 amide bonds. The first-order valence-electron chi connectivity index (χ1n) is 9.02. The minimum Gasteiger partial charge on any atom is -0.490 e. The summed E-state index contributed by atoms with van der Waals surface area (Å²) in [5, 5.41) is 2.88. The molecule has 0 heterocycles. The van der Waals surface area contributed by atoms with Crippen molar-refractivity contribution in [2.45, 2.75) is 33.1 Å². The first-order valence-corrected chi connectivity index (χ1v) is 9.02. The zero-order chi connectivity index (χ0) is 18.8. The number of ether oxygens (including phenoxy) is 2. The van der Waals surface area contributed by atoms with E-state index in [9.17, 15) is 9.18 Å². The quantitative estimate of drug-likeness (QED) is 0.700. The molecule has 2 aromatic rings. The van der Waals surface area contributed by atoms with Gasteiger partial charge in [0.25, 0.3) is 0 Å². The van der Waals surface area contributed by atoms with E-state index in [1.54, 1.807) is 18.2 Å². The Labute approximate surface area is 154 Å². The molecule has 0 unspecified atom stereocenters. The minimum atomic E-state index is -0.266. The highest BCUT2D eigenvalue weighted by Gasteiger charge is 2.08. The fourth-order valence-corrected chi connectivity index (χ4v) is 2.64. The van der Waals surface area contributed by atoms with E-state index in [1.165, 1.54) is 6.07 Å². The van der Waals surface area contributed by atoms with Crippen molar-refractivity contribution in [3.8, 4) is 11.5 Å². The summed E-state index contributed by atoms with van der Waals surface area (Å²) in [6.45, 7) is 5.53. The highest BCUT2D eigenvalue weighted by atomic mass is 19.1. The highest BCUT2D eigenvalue weighted by molar-refractivity contribution is 5.76. The van der Waals surface area contributed by atoms with Gasteiger partial charge < -0.3 is 14.8 Å². The van der Waals surface area contributed by atoms with Crippen molar-refractivity contribution < 1.29 is 18.7 Å². The fraction of sp³-hybridized carbons (Fsp3) is 0.381. The summed E-state index contributed by atoms with van der Waals surface area (Å²) in [6.07, 6.45) is 1.36. The zero-order valence-corrected chi connectivity index (χ0v) is 15.4. The van der Waals surface area contributed by atoms with E-state index in [1.807, 2.05) is 32.0 Å². The first-order chi connectivity index (χ1) is 12.6. The minimum absolute atomic E-state index is 0.0794. The topological polar surface area (TPSA) is 47.6 Å². The van der Waals surface area contributed by atoms with Crippen molar-refractivity contribution >= 4 is 5.91 Å². The van der Waals surface area contributed by atoms with Gasteiger partial charge in [-0.25, -0.2) is 4.39 Å². The standard InChI is InChI=1S/C21H26FNO3/c1-3-25-19-11-9-16(15-20(19)26-4-2)13-14-23-21(24)12-10-17-7-5-6-8-18(17)22/h5-9,11,15H,3-4,10,12-14H2,1-2H3,(H,23,24). The van der Waals surface area contributed by atoms with Gasteiger partial charge in [0.2, 0.25) is 5.91 Å². The van der Waals surface area contributed by atoms with Gasteiger partial charge in [-0.3, -0.25) is 4.79 Å². The number of hydrogen-bond acceptors (Lipinski definition) is 3. The Balaban J connectivity index is 1.80. The average molecular weight is 359 g/mol. The maximum atomic E-state index is 13.5. The molecule has 0 aliphatic carbocycles. The normalized spacial score (nSPS) is 10.4. The predicted octanol–water partition coefficient (Wildman–Crippen LogP) is 3.91. The van der Waals surface area contributed by atoms with Gasteiger partial charge in [0.15, 0.2) is 11.5 Å². The lowest BCUT2D eigenvalue weighted by molar-refractivity contribution is -0.121. The van der Waals surface area contributed by atoms with Gasteiger partial charge in [0.05, 0.1) is 13.2 Å². The number of hydrogen-bond donors (Lipinski definition) is 1. The van der Waals surface area contributed by atoms with Crippen LogP contribution in [0.15, 0.2) is 42.5 Å². The molecule has 0 saturated heterocycles. The third-order valence-electron chi connectivity index (χ3n) is 3.92. The molecule has 5 heteroatoms. The van der Waals surface area contributed by atoms with Crippen LogP contribution >= 0.6 is 0 Å². The number of carbonyl (C=O) groups is 1. The van der Waals surface area contributed by atoms with E-state index >= 15 is 0 Å². The molecule has 0 aliphatic rings. The van der Waals surface area contributed by atoms with Gasteiger partial charge in [-0.15, -0.1) is 0 Å². The molecule has 2 aromatic carbocycles. The Hall–Kier alpha value is -2.56. The maximum absolute atomic E-state index is 13.5. The molecule has 0 spiro atoms. The van der Waals surface area contributed by atoms with Crippen LogP contribution < -0.4 is 14.8 Å². The number of rotatable bonds is 10. The second-order valence-corrected chi connectivity index (χ2v) is 5.84. The van der Waals surface area contributed by atoms with E-state index in [-0.39, 0.29) is 18.1 Å². The molecule has 0 aromatic heterocycles. The van der Waals surface area contributed by atoms with Crippen molar-refractivity contribution in [1.82, 2.24) is 5.32 Å². The number of aryl methyl sites for hydroxylation is 1. The number of nitrogens with one attached hydrogen (secondary N) is 1. The van der Waals surface area contributed by atoms with Crippen molar-refractivity contribution in [2.24, 2.45) is 0 Å². The van der Waals surface area contributed by atoms with Gasteiger partial charge in [0.1, 0.15) is 5.82 Å². The summed E-state index contributed by atoms with van der Waals surface area (Å²) in [5.41, 5.74) is 1.63. The fourth-order valence-electron chi connectivity index (χ4n) is 2.64.